The highest BCUT2D eigenvalue weighted by Crippen LogP contribution is 2.30. The number of hydrogen-bond acceptors (Lipinski definition) is 3. The normalized spacial score (nSPS) is 17.7. The average molecular weight is 436 g/mol. The summed E-state index contributed by atoms with van der Waals surface area (Å²) in [6, 6.07) is 16.0. The van der Waals surface area contributed by atoms with Crippen LogP contribution in [-0.4, -0.2) is 35.4 Å². The molecule has 5 rings (SSSR count). The van der Waals surface area contributed by atoms with Crippen LogP contribution in [0.5, 0.6) is 0 Å². The van der Waals surface area contributed by atoms with Gasteiger partial charge in [-0.3, -0.25) is 0 Å². The zero-order valence-electron chi connectivity index (χ0n) is 18.0. The first-order valence-corrected chi connectivity index (χ1v) is 12.7. The van der Waals surface area contributed by atoms with Gasteiger partial charge in [0, 0.05) is 37.1 Å². The Kier molecular flexibility index (Phi) is 5.44. The van der Waals surface area contributed by atoms with Gasteiger partial charge in [-0.1, -0.05) is 36.4 Å². The molecule has 0 radical (unpaired) electrons. The monoisotopic (exact) mass is 435 g/mol. The van der Waals surface area contributed by atoms with Gasteiger partial charge >= 0.3 is 0 Å². The summed E-state index contributed by atoms with van der Waals surface area (Å²) in [5.74, 6) is 1.44. The Morgan fingerprint density at radius 1 is 1.00 bits per heavy atom. The van der Waals surface area contributed by atoms with E-state index in [1.165, 1.54) is 11.1 Å². The van der Waals surface area contributed by atoms with Gasteiger partial charge in [0.1, 0.15) is 5.82 Å². The van der Waals surface area contributed by atoms with Crippen molar-refractivity contribution in [1.29, 1.82) is 0 Å². The Morgan fingerprint density at radius 3 is 2.52 bits per heavy atom. The van der Waals surface area contributed by atoms with Crippen LogP contribution in [0.1, 0.15) is 36.1 Å². The lowest BCUT2D eigenvalue weighted by Gasteiger charge is -2.32. The van der Waals surface area contributed by atoms with Crippen molar-refractivity contribution in [3.63, 3.8) is 0 Å². The minimum atomic E-state index is -3.41. The third kappa shape index (κ3) is 3.94. The summed E-state index contributed by atoms with van der Waals surface area (Å²) in [6.07, 6.45) is 6.86. The Hall–Kier alpha value is -2.44. The number of aromatic nitrogens is 2. The molecule has 0 N–H and O–H groups in total. The molecule has 1 aliphatic heterocycles. The molecule has 1 saturated heterocycles. The van der Waals surface area contributed by atoms with Crippen LogP contribution in [-0.2, 0) is 29.4 Å². The van der Waals surface area contributed by atoms with Gasteiger partial charge in [-0.15, -0.1) is 0 Å². The fourth-order valence-corrected chi connectivity index (χ4v) is 6.48. The molecular formula is C25H29N3O2S. The van der Waals surface area contributed by atoms with Crippen LogP contribution in [0.4, 0.5) is 0 Å². The molecule has 0 atom stereocenters. The molecule has 0 spiro atoms. The van der Waals surface area contributed by atoms with Gasteiger partial charge in [0.15, 0.2) is 0 Å². The first-order valence-electron chi connectivity index (χ1n) is 11.2. The standard InChI is InChI=1S/C25H29N3O2S/c1-19-17-26-25(22-6-3-2-4-7-22)28(19)18-20-12-14-27(15-13-20)31(29,30)24-11-10-21-8-5-9-23(21)16-24/h2-4,6-7,10-11,16-17,20H,5,8-9,12-15,18H2,1H3. The van der Waals surface area contributed by atoms with E-state index in [0.717, 1.165) is 55.7 Å². The molecule has 0 saturated carbocycles. The average Bonchev–Trinajstić information content (AvgIpc) is 3.41. The molecule has 1 aliphatic carbocycles. The minimum Gasteiger partial charge on any atom is -0.328 e. The van der Waals surface area contributed by atoms with E-state index < -0.39 is 10.0 Å². The van der Waals surface area contributed by atoms with Crippen LogP contribution in [0.3, 0.4) is 0 Å². The summed E-state index contributed by atoms with van der Waals surface area (Å²) < 4.78 is 30.4. The Morgan fingerprint density at radius 2 is 1.74 bits per heavy atom. The van der Waals surface area contributed by atoms with Crippen LogP contribution in [0.2, 0.25) is 0 Å². The van der Waals surface area contributed by atoms with E-state index in [4.69, 9.17) is 0 Å². The van der Waals surface area contributed by atoms with Crippen LogP contribution < -0.4 is 0 Å². The summed E-state index contributed by atoms with van der Waals surface area (Å²) in [7, 11) is -3.41. The lowest BCUT2D eigenvalue weighted by atomic mass is 9.98. The number of fused-ring (bicyclic) bond motifs is 1. The van der Waals surface area contributed by atoms with Crippen LogP contribution in [0.15, 0.2) is 59.6 Å². The summed E-state index contributed by atoms with van der Waals surface area (Å²) in [5, 5.41) is 0. The highest BCUT2D eigenvalue weighted by Gasteiger charge is 2.30. The Labute approximate surface area is 184 Å². The quantitative estimate of drug-likeness (QED) is 0.595. The number of sulfonamides is 1. The lowest BCUT2D eigenvalue weighted by Crippen LogP contribution is -2.39. The number of aryl methyl sites for hydroxylation is 3. The molecule has 0 amide bonds. The highest BCUT2D eigenvalue weighted by atomic mass is 32.2. The van der Waals surface area contributed by atoms with E-state index in [0.29, 0.717) is 23.9 Å². The van der Waals surface area contributed by atoms with E-state index in [2.05, 4.69) is 28.6 Å². The third-order valence-electron chi connectivity index (χ3n) is 6.81. The maximum absolute atomic E-state index is 13.2. The molecule has 2 aromatic carbocycles. The molecular weight excluding hydrogens is 406 g/mol. The summed E-state index contributed by atoms with van der Waals surface area (Å²) in [4.78, 5) is 5.09. The maximum Gasteiger partial charge on any atom is 0.243 e. The second-order valence-electron chi connectivity index (χ2n) is 8.83. The van der Waals surface area contributed by atoms with Crippen molar-refractivity contribution in [3.8, 4) is 11.4 Å². The predicted octanol–water partition coefficient (Wildman–Crippen LogP) is 4.45. The second-order valence-corrected chi connectivity index (χ2v) is 10.8. The Bertz CT molecular complexity index is 1180. The van der Waals surface area contributed by atoms with Crippen molar-refractivity contribution in [2.24, 2.45) is 5.92 Å². The molecule has 162 valence electrons. The molecule has 5 nitrogen and oxygen atoms in total. The van der Waals surface area contributed by atoms with Gasteiger partial charge < -0.3 is 4.57 Å². The fourth-order valence-electron chi connectivity index (χ4n) is 4.96. The van der Waals surface area contributed by atoms with Crippen molar-refractivity contribution >= 4 is 10.0 Å². The fraction of sp³-hybridized carbons (Fsp3) is 0.400. The van der Waals surface area contributed by atoms with Crippen LogP contribution in [0.25, 0.3) is 11.4 Å². The summed E-state index contributed by atoms with van der Waals surface area (Å²) in [5.41, 5.74) is 4.78. The van der Waals surface area contributed by atoms with Gasteiger partial charge in [0.2, 0.25) is 10.0 Å². The molecule has 31 heavy (non-hydrogen) atoms. The Balaban J connectivity index is 1.28. The first-order chi connectivity index (χ1) is 15.0. The van der Waals surface area contributed by atoms with Gasteiger partial charge in [0.05, 0.1) is 4.90 Å². The number of piperidine rings is 1. The zero-order valence-corrected chi connectivity index (χ0v) is 18.8. The van der Waals surface area contributed by atoms with Crippen molar-refractivity contribution < 1.29 is 8.42 Å². The summed E-state index contributed by atoms with van der Waals surface area (Å²) in [6.45, 7) is 4.13. The topological polar surface area (TPSA) is 55.2 Å². The van der Waals surface area contributed by atoms with Crippen molar-refractivity contribution in [2.75, 3.05) is 13.1 Å². The third-order valence-corrected chi connectivity index (χ3v) is 8.70. The van der Waals surface area contributed by atoms with Crippen molar-refractivity contribution in [1.82, 2.24) is 13.9 Å². The molecule has 1 aromatic heterocycles. The number of rotatable bonds is 5. The van der Waals surface area contributed by atoms with E-state index in [1.54, 1.807) is 10.4 Å². The lowest BCUT2D eigenvalue weighted by molar-refractivity contribution is 0.252. The minimum absolute atomic E-state index is 0.446. The summed E-state index contributed by atoms with van der Waals surface area (Å²) >= 11 is 0. The molecule has 0 bridgehead atoms. The van der Waals surface area contributed by atoms with Gasteiger partial charge in [0.25, 0.3) is 0 Å². The van der Waals surface area contributed by atoms with E-state index in [1.807, 2.05) is 36.5 Å². The molecule has 3 aromatic rings. The highest BCUT2D eigenvalue weighted by molar-refractivity contribution is 7.89. The van der Waals surface area contributed by atoms with Gasteiger partial charge in [-0.25, -0.2) is 13.4 Å². The number of imidazole rings is 1. The molecule has 2 heterocycles. The van der Waals surface area contributed by atoms with E-state index in [9.17, 15) is 8.42 Å². The first kappa shape index (κ1) is 20.5. The van der Waals surface area contributed by atoms with Crippen molar-refractivity contribution in [3.05, 3.63) is 71.5 Å². The van der Waals surface area contributed by atoms with Gasteiger partial charge in [-0.05, 0) is 68.2 Å². The molecule has 1 fully saturated rings. The predicted molar refractivity (Wildman–Crippen MR) is 122 cm³/mol. The number of benzene rings is 2. The maximum atomic E-state index is 13.2. The molecule has 6 heteroatoms. The largest absolute Gasteiger partial charge is 0.328 e. The van der Waals surface area contributed by atoms with Crippen LogP contribution in [0, 0.1) is 12.8 Å². The van der Waals surface area contributed by atoms with E-state index in [-0.39, 0.29) is 0 Å². The molecule has 2 aliphatic rings. The molecule has 0 unspecified atom stereocenters. The second kappa shape index (κ2) is 8.24. The van der Waals surface area contributed by atoms with Crippen molar-refractivity contribution in [2.45, 2.75) is 50.5 Å². The van der Waals surface area contributed by atoms with Crippen LogP contribution >= 0.6 is 0 Å². The smallest absolute Gasteiger partial charge is 0.243 e. The zero-order chi connectivity index (χ0) is 21.4. The van der Waals surface area contributed by atoms with E-state index >= 15 is 0 Å². The SMILES string of the molecule is Cc1cnc(-c2ccccc2)n1CC1CCN(S(=O)(=O)c2ccc3c(c2)CCC3)CC1. The number of hydrogen-bond donors (Lipinski definition) is 0. The van der Waals surface area contributed by atoms with Gasteiger partial charge in [-0.2, -0.15) is 4.31 Å². The number of nitrogens with zero attached hydrogens (tertiary/aromatic N) is 3.